The molecule has 0 unspecified atom stereocenters. The minimum absolute atomic E-state index is 0.0775. The summed E-state index contributed by atoms with van der Waals surface area (Å²) in [7, 11) is 1.63. The van der Waals surface area contributed by atoms with Crippen LogP contribution in [0.4, 0.5) is 5.69 Å². The summed E-state index contributed by atoms with van der Waals surface area (Å²) >= 11 is 1.34. The van der Waals surface area contributed by atoms with Crippen molar-refractivity contribution in [3.05, 3.63) is 78.3 Å². The monoisotopic (exact) mass is 476 g/mol. The molecule has 0 aliphatic heterocycles. The molecule has 0 radical (unpaired) electrons. The molecular weight excluding hydrogens is 448 g/mol. The molecule has 0 saturated carbocycles. The Kier molecular flexibility index (Phi) is 7.07. The van der Waals surface area contributed by atoms with Gasteiger partial charge in [0.25, 0.3) is 0 Å². The number of furan rings is 1. The first-order valence-corrected chi connectivity index (χ1v) is 12.0. The zero-order valence-electron chi connectivity index (χ0n) is 19.7. The second-order valence-electron chi connectivity index (χ2n) is 8.84. The number of para-hydroxylation sites is 1. The van der Waals surface area contributed by atoms with Gasteiger partial charge in [-0.05, 0) is 41.3 Å². The van der Waals surface area contributed by atoms with Gasteiger partial charge in [-0.25, -0.2) is 0 Å². The maximum absolute atomic E-state index is 12.8. The standard InChI is InChI=1S/C26H28N4O3S/c1-26(2,3)21-12-5-6-13-22(21)27-23(31)17-34-25-29-28-24(18-9-7-10-19(15-18)32-4)30(25)16-20-11-8-14-33-20/h5-15H,16-17H2,1-4H3,(H,27,31). The molecule has 176 valence electrons. The molecule has 0 aliphatic carbocycles. The Morgan fingerprint density at radius 1 is 1.09 bits per heavy atom. The van der Waals surface area contributed by atoms with Crippen LogP contribution in [0.15, 0.2) is 76.5 Å². The number of aromatic nitrogens is 3. The predicted octanol–water partition coefficient (Wildman–Crippen LogP) is 5.62. The van der Waals surface area contributed by atoms with Crippen LogP contribution in [0.1, 0.15) is 32.1 Å². The molecule has 0 fully saturated rings. The van der Waals surface area contributed by atoms with Crippen molar-refractivity contribution < 1.29 is 13.9 Å². The van der Waals surface area contributed by atoms with Crippen molar-refractivity contribution in [2.24, 2.45) is 0 Å². The Morgan fingerprint density at radius 2 is 1.91 bits per heavy atom. The fourth-order valence-electron chi connectivity index (χ4n) is 3.63. The van der Waals surface area contributed by atoms with Gasteiger partial charge in [-0.2, -0.15) is 0 Å². The molecule has 2 aromatic heterocycles. The number of rotatable bonds is 8. The number of carbonyl (C=O) groups is 1. The Hall–Kier alpha value is -3.52. The van der Waals surface area contributed by atoms with Gasteiger partial charge < -0.3 is 14.5 Å². The summed E-state index contributed by atoms with van der Waals surface area (Å²) in [6.45, 7) is 6.83. The molecule has 7 nitrogen and oxygen atoms in total. The molecule has 8 heteroatoms. The number of nitrogens with one attached hydrogen (secondary N) is 1. The van der Waals surface area contributed by atoms with E-state index in [2.05, 4.69) is 36.3 Å². The Balaban J connectivity index is 1.55. The first kappa shape index (κ1) is 23.6. The van der Waals surface area contributed by atoms with Crippen LogP contribution in [0.3, 0.4) is 0 Å². The first-order valence-electron chi connectivity index (χ1n) is 11.0. The molecule has 0 saturated heterocycles. The van der Waals surface area contributed by atoms with Crippen LogP contribution in [-0.2, 0) is 16.8 Å². The van der Waals surface area contributed by atoms with E-state index in [1.165, 1.54) is 11.8 Å². The molecule has 2 aromatic carbocycles. The second kappa shape index (κ2) is 10.2. The van der Waals surface area contributed by atoms with Crippen molar-refractivity contribution in [1.29, 1.82) is 0 Å². The average Bonchev–Trinajstić information content (AvgIpc) is 3.48. The van der Waals surface area contributed by atoms with E-state index in [9.17, 15) is 4.79 Å². The lowest BCUT2D eigenvalue weighted by Crippen LogP contribution is -2.20. The maximum Gasteiger partial charge on any atom is 0.234 e. The molecule has 34 heavy (non-hydrogen) atoms. The summed E-state index contributed by atoms with van der Waals surface area (Å²) in [5.41, 5.74) is 2.71. The number of methoxy groups -OCH3 is 1. The van der Waals surface area contributed by atoms with Gasteiger partial charge in [-0.15, -0.1) is 10.2 Å². The van der Waals surface area contributed by atoms with Crippen LogP contribution in [0, 0.1) is 0 Å². The van der Waals surface area contributed by atoms with Gasteiger partial charge in [0.05, 0.1) is 25.7 Å². The number of nitrogens with zero attached hydrogens (tertiary/aromatic N) is 3. The maximum atomic E-state index is 12.8. The summed E-state index contributed by atoms with van der Waals surface area (Å²) in [6.07, 6.45) is 1.64. The molecular formula is C26H28N4O3S. The number of benzene rings is 2. The highest BCUT2D eigenvalue weighted by molar-refractivity contribution is 7.99. The van der Waals surface area contributed by atoms with Crippen LogP contribution in [0.25, 0.3) is 11.4 Å². The number of amides is 1. The summed E-state index contributed by atoms with van der Waals surface area (Å²) in [4.78, 5) is 12.8. The zero-order chi connectivity index (χ0) is 24.1. The zero-order valence-corrected chi connectivity index (χ0v) is 20.6. The second-order valence-corrected chi connectivity index (χ2v) is 9.78. The van der Waals surface area contributed by atoms with E-state index in [0.29, 0.717) is 17.5 Å². The minimum Gasteiger partial charge on any atom is -0.497 e. The molecule has 4 aromatic rings. The number of carbonyl (C=O) groups excluding carboxylic acids is 1. The largest absolute Gasteiger partial charge is 0.497 e. The lowest BCUT2D eigenvalue weighted by molar-refractivity contribution is -0.113. The predicted molar refractivity (Wildman–Crippen MR) is 134 cm³/mol. The molecule has 4 rings (SSSR count). The van der Waals surface area contributed by atoms with Crippen molar-refractivity contribution in [3.8, 4) is 17.1 Å². The fourth-order valence-corrected chi connectivity index (χ4v) is 4.37. The van der Waals surface area contributed by atoms with E-state index in [-0.39, 0.29) is 17.1 Å². The van der Waals surface area contributed by atoms with Gasteiger partial charge in [0.15, 0.2) is 11.0 Å². The van der Waals surface area contributed by atoms with Crippen molar-refractivity contribution >= 4 is 23.4 Å². The van der Waals surface area contributed by atoms with E-state index in [1.54, 1.807) is 13.4 Å². The van der Waals surface area contributed by atoms with E-state index in [4.69, 9.17) is 9.15 Å². The Labute approximate surface area is 203 Å². The smallest absolute Gasteiger partial charge is 0.234 e. The molecule has 1 N–H and O–H groups in total. The summed E-state index contributed by atoms with van der Waals surface area (Å²) in [6, 6.07) is 19.3. The Bertz CT molecular complexity index is 1260. The van der Waals surface area contributed by atoms with Crippen LogP contribution >= 0.6 is 11.8 Å². The van der Waals surface area contributed by atoms with Crippen molar-refractivity contribution in [3.63, 3.8) is 0 Å². The van der Waals surface area contributed by atoms with E-state index in [0.717, 1.165) is 28.3 Å². The highest BCUT2D eigenvalue weighted by atomic mass is 32.2. The number of hydrogen-bond acceptors (Lipinski definition) is 6. The number of hydrogen-bond donors (Lipinski definition) is 1. The summed E-state index contributed by atoms with van der Waals surface area (Å²) < 4.78 is 12.9. The number of anilines is 1. The van der Waals surface area contributed by atoms with Gasteiger partial charge >= 0.3 is 0 Å². The third-order valence-corrected chi connectivity index (χ3v) is 6.25. The molecule has 2 heterocycles. The molecule has 0 aliphatic rings. The van der Waals surface area contributed by atoms with Crippen molar-refractivity contribution in [1.82, 2.24) is 14.8 Å². The van der Waals surface area contributed by atoms with Gasteiger partial charge in [0.2, 0.25) is 5.91 Å². The highest BCUT2D eigenvalue weighted by Crippen LogP contribution is 2.30. The SMILES string of the molecule is COc1cccc(-c2nnc(SCC(=O)Nc3ccccc3C(C)(C)C)n2Cc2ccco2)c1. The molecule has 0 atom stereocenters. The van der Waals surface area contributed by atoms with Gasteiger partial charge in [0.1, 0.15) is 11.5 Å². The van der Waals surface area contributed by atoms with Crippen LogP contribution in [-0.4, -0.2) is 33.5 Å². The molecule has 1 amide bonds. The van der Waals surface area contributed by atoms with E-state index in [1.807, 2.05) is 65.2 Å². The van der Waals surface area contributed by atoms with Gasteiger partial charge in [-0.1, -0.05) is 62.9 Å². The van der Waals surface area contributed by atoms with Crippen LogP contribution < -0.4 is 10.1 Å². The minimum atomic E-state index is -0.0998. The first-order chi connectivity index (χ1) is 16.3. The quantitative estimate of drug-likeness (QED) is 0.332. The highest BCUT2D eigenvalue weighted by Gasteiger charge is 2.20. The topological polar surface area (TPSA) is 82.2 Å². The van der Waals surface area contributed by atoms with Gasteiger partial charge in [-0.3, -0.25) is 9.36 Å². The van der Waals surface area contributed by atoms with E-state index >= 15 is 0 Å². The average molecular weight is 477 g/mol. The third-order valence-electron chi connectivity index (χ3n) is 5.28. The van der Waals surface area contributed by atoms with Gasteiger partial charge in [0, 0.05) is 11.3 Å². The lowest BCUT2D eigenvalue weighted by atomic mass is 9.86. The third kappa shape index (κ3) is 5.51. The lowest BCUT2D eigenvalue weighted by Gasteiger charge is -2.22. The summed E-state index contributed by atoms with van der Waals surface area (Å²) in [5, 5.41) is 12.5. The van der Waals surface area contributed by atoms with Crippen molar-refractivity contribution in [2.75, 3.05) is 18.2 Å². The summed E-state index contributed by atoms with van der Waals surface area (Å²) in [5.74, 6) is 2.28. The normalized spacial score (nSPS) is 11.4. The Morgan fingerprint density at radius 3 is 2.65 bits per heavy atom. The fraction of sp³-hybridized carbons (Fsp3) is 0.269. The van der Waals surface area contributed by atoms with E-state index < -0.39 is 0 Å². The number of ether oxygens (including phenoxy) is 1. The van der Waals surface area contributed by atoms with Crippen LogP contribution in [0.2, 0.25) is 0 Å². The van der Waals surface area contributed by atoms with Crippen LogP contribution in [0.5, 0.6) is 5.75 Å². The van der Waals surface area contributed by atoms with Crippen molar-refractivity contribution in [2.45, 2.75) is 37.9 Å². The molecule has 0 spiro atoms. The molecule has 0 bridgehead atoms. The number of thioether (sulfide) groups is 1.